The van der Waals surface area contributed by atoms with Crippen LogP contribution in [0.2, 0.25) is 5.02 Å². The van der Waals surface area contributed by atoms with Crippen LogP contribution in [-0.4, -0.2) is 48.8 Å². The lowest BCUT2D eigenvalue weighted by Gasteiger charge is -2.33. The summed E-state index contributed by atoms with van der Waals surface area (Å²) in [5.74, 6) is 1.68. The van der Waals surface area contributed by atoms with Gasteiger partial charge in [0.2, 0.25) is 15.9 Å². The van der Waals surface area contributed by atoms with Crippen LogP contribution in [0, 0.1) is 6.92 Å². The normalized spacial score (nSPS) is 16.0. The summed E-state index contributed by atoms with van der Waals surface area (Å²) >= 11 is 6.08. The molecular weight excluding hydrogens is 446 g/mol. The van der Waals surface area contributed by atoms with Crippen LogP contribution in [0.5, 0.6) is 0 Å². The third-order valence-electron chi connectivity index (χ3n) is 5.85. The van der Waals surface area contributed by atoms with Gasteiger partial charge in [-0.3, -0.25) is 4.90 Å². The van der Waals surface area contributed by atoms with E-state index in [2.05, 4.69) is 23.7 Å². The summed E-state index contributed by atoms with van der Waals surface area (Å²) in [5, 5.41) is 0.635. The Morgan fingerprint density at radius 1 is 1.06 bits per heavy atom. The molecule has 32 heavy (non-hydrogen) atoms. The summed E-state index contributed by atoms with van der Waals surface area (Å²) in [7, 11) is -3.48. The number of rotatable bonds is 6. The van der Waals surface area contributed by atoms with E-state index in [1.54, 1.807) is 16.4 Å². The van der Waals surface area contributed by atoms with E-state index in [1.807, 2.05) is 43.3 Å². The Balaban J connectivity index is 1.40. The molecule has 3 aromatic rings. The zero-order chi connectivity index (χ0) is 22.9. The summed E-state index contributed by atoms with van der Waals surface area (Å²) < 4.78 is 33.5. The Morgan fingerprint density at radius 2 is 1.75 bits per heavy atom. The van der Waals surface area contributed by atoms with Crippen molar-refractivity contribution in [2.24, 2.45) is 0 Å². The Hall–Kier alpha value is -2.19. The van der Waals surface area contributed by atoms with Crippen LogP contribution in [0.3, 0.4) is 0 Å². The molecule has 170 valence electrons. The summed E-state index contributed by atoms with van der Waals surface area (Å²) in [5.41, 5.74) is 2.83. The van der Waals surface area contributed by atoms with Crippen molar-refractivity contribution in [1.82, 2.24) is 14.2 Å². The number of hydrogen-bond acceptors (Lipinski definition) is 5. The maximum absolute atomic E-state index is 13.0. The molecule has 1 saturated heterocycles. The Morgan fingerprint density at radius 3 is 2.38 bits per heavy atom. The van der Waals surface area contributed by atoms with Gasteiger partial charge in [0.25, 0.3) is 0 Å². The van der Waals surface area contributed by atoms with Gasteiger partial charge in [-0.25, -0.2) is 13.4 Å². The number of sulfonamides is 1. The van der Waals surface area contributed by atoms with E-state index >= 15 is 0 Å². The van der Waals surface area contributed by atoms with Crippen LogP contribution in [0.15, 0.2) is 57.8 Å². The SMILES string of the molecule is Cc1oc(-c2cccc(Cl)c2)nc1CN1CCN(S(=O)(=O)c2ccc(C(C)C)cc2)CC1. The average Bonchev–Trinajstić information content (AvgIpc) is 3.14. The van der Waals surface area contributed by atoms with Gasteiger partial charge in [0.1, 0.15) is 5.76 Å². The van der Waals surface area contributed by atoms with Crippen molar-refractivity contribution in [3.05, 3.63) is 70.6 Å². The molecule has 0 saturated carbocycles. The number of nitrogens with zero attached hydrogens (tertiary/aromatic N) is 3. The van der Waals surface area contributed by atoms with Crippen LogP contribution in [-0.2, 0) is 16.6 Å². The third-order valence-corrected chi connectivity index (χ3v) is 8.00. The number of oxazole rings is 1. The lowest BCUT2D eigenvalue weighted by Crippen LogP contribution is -2.48. The molecule has 1 fully saturated rings. The van der Waals surface area contributed by atoms with Crippen molar-refractivity contribution in [3.8, 4) is 11.5 Å². The molecule has 0 atom stereocenters. The van der Waals surface area contributed by atoms with Crippen LogP contribution in [0.25, 0.3) is 11.5 Å². The largest absolute Gasteiger partial charge is 0.441 e. The van der Waals surface area contributed by atoms with Gasteiger partial charge in [0, 0.05) is 43.3 Å². The second kappa shape index (κ2) is 9.35. The number of halogens is 1. The number of benzene rings is 2. The molecule has 0 unspecified atom stereocenters. The third kappa shape index (κ3) is 4.91. The van der Waals surface area contributed by atoms with Crippen LogP contribution in [0.1, 0.15) is 36.8 Å². The first kappa shape index (κ1) is 23.0. The smallest absolute Gasteiger partial charge is 0.243 e. The molecule has 0 radical (unpaired) electrons. The van der Waals surface area contributed by atoms with Crippen LogP contribution < -0.4 is 0 Å². The minimum absolute atomic E-state index is 0.355. The quantitative estimate of drug-likeness (QED) is 0.507. The van der Waals surface area contributed by atoms with Crippen LogP contribution >= 0.6 is 11.6 Å². The van der Waals surface area contributed by atoms with Gasteiger partial charge in [-0.1, -0.05) is 43.6 Å². The fraction of sp³-hybridized carbons (Fsp3) is 0.375. The lowest BCUT2D eigenvalue weighted by atomic mass is 10.0. The molecule has 1 aromatic heterocycles. The summed E-state index contributed by atoms with van der Waals surface area (Å²) in [6, 6.07) is 14.7. The maximum Gasteiger partial charge on any atom is 0.243 e. The van der Waals surface area contributed by atoms with Crippen LogP contribution in [0.4, 0.5) is 0 Å². The van der Waals surface area contributed by atoms with E-state index in [9.17, 15) is 8.42 Å². The molecule has 0 aliphatic carbocycles. The molecule has 2 aromatic carbocycles. The molecule has 1 aliphatic heterocycles. The predicted molar refractivity (Wildman–Crippen MR) is 126 cm³/mol. The van der Waals surface area contributed by atoms with Gasteiger partial charge in [-0.2, -0.15) is 4.31 Å². The van der Waals surface area contributed by atoms with Gasteiger partial charge >= 0.3 is 0 Å². The van der Waals surface area contributed by atoms with Crippen molar-refractivity contribution in [2.75, 3.05) is 26.2 Å². The van der Waals surface area contributed by atoms with E-state index in [1.165, 1.54) is 0 Å². The highest BCUT2D eigenvalue weighted by Gasteiger charge is 2.29. The van der Waals surface area contributed by atoms with Gasteiger partial charge in [0.05, 0.1) is 10.6 Å². The first-order valence-corrected chi connectivity index (χ1v) is 12.6. The van der Waals surface area contributed by atoms with E-state index in [0.717, 1.165) is 22.6 Å². The van der Waals surface area contributed by atoms with Gasteiger partial charge in [0.15, 0.2) is 0 Å². The zero-order valence-electron chi connectivity index (χ0n) is 18.6. The minimum Gasteiger partial charge on any atom is -0.441 e. The fourth-order valence-corrected chi connectivity index (χ4v) is 5.45. The van der Waals surface area contributed by atoms with E-state index < -0.39 is 10.0 Å². The number of aryl methyl sites for hydroxylation is 1. The molecule has 4 rings (SSSR count). The van der Waals surface area contributed by atoms with Gasteiger partial charge in [-0.15, -0.1) is 0 Å². The molecule has 0 amide bonds. The Bertz CT molecular complexity index is 1180. The molecule has 0 bridgehead atoms. The highest BCUT2D eigenvalue weighted by atomic mass is 35.5. The highest BCUT2D eigenvalue weighted by molar-refractivity contribution is 7.89. The second-order valence-electron chi connectivity index (χ2n) is 8.44. The standard InChI is InChI=1S/C24H28ClN3O3S/c1-17(2)19-7-9-22(10-8-19)32(29,30)28-13-11-27(12-14-28)16-23-18(3)31-24(26-23)20-5-4-6-21(25)15-20/h4-10,15,17H,11-14,16H2,1-3H3. The lowest BCUT2D eigenvalue weighted by molar-refractivity contribution is 0.179. The molecule has 6 nitrogen and oxygen atoms in total. The predicted octanol–water partition coefficient (Wildman–Crippen LogP) is 4.93. The van der Waals surface area contributed by atoms with Crippen molar-refractivity contribution in [3.63, 3.8) is 0 Å². The fourth-order valence-electron chi connectivity index (χ4n) is 3.83. The number of piperazine rings is 1. The zero-order valence-corrected chi connectivity index (χ0v) is 20.2. The monoisotopic (exact) mass is 473 g/mol. The molecule has 8 heteroatoms. The number of aromatic nitrogens is 1. The molecular formula is C24H28ClN3O3S. The van der Waals surface area contributed by atoms with Crippen molar-refractivity contribution in [1.29, 1.82) is 0 Å². The molecule has 1 aliphatic rings. The second-order valence-corrected chi connectivity index (χ2v) is 10.8. The first-order valence-electron chi connectivity index (χ1n) is 10.8. The summed E-state index contributed by atoms with van der Waals surface area (Å²) in [6.45, 7) is 8.89. The number of hydrogen-bond donors (Lipinski definition) is 0. The summed E-state index contributed by atoms with van der Waals surface area (Å²) in [4.78, 5) is 7.22. The van der Waals surface area contributed by atoms with E-state index in [4.69, 9.17) is 16.0 Å². The molecule has 2 heterocycles. The summed E-state index contributed by atoms with van der Waals surface area (Å²) in [6.07, 6.45) is 0. The average molecular weight is 474 g/mol. The van der Waals surface area contributed by atoms with Gasteiger partial charge in [-0.05, 0) is 48.7 Å². The Kier molecular flexibility index (Phi) is 6.72. The Labute approximate surface area is 194 Å². The molecule has 0 spiro atoms. The topological polar surface area (TPSA) is 66.7 Å². The van der Waals surface area contributed by atoms with Crippen molar-refractivity contribution < 1.29 is 12.8 Å². The van der Waals surface area contributed by atoms with Gasteiger partial charge < -0.3 is 4.42 Å². The van der Waals surface area contributed by atoms with Crippen molar-refractivity contribution >= 4 is 21.6 Å². The highest BCUT2D eigenvalue weighted by Crippen LogP contribution is 2.26. The molecule has 0 N–H and O–H groups in total. The van der Waals surface area contributed by atoms with Crippen molar-refractivity contribution in [2.45, 2.75) is 38.1 Å². The first-order chi connectivity index (χ1) is 15.2. The maximum atomic E-state index is 13.0. The van der Waals surface area contributed by atoms with E-state index in [0.29, 0.717) is 54.5 Å². The van der Waals surface area contributed by atoms with E-state index in [-0.39, 0.29) is 0 Å². The minimum atomic E-state index is -3.48.